The molecule has 0 bridgehead atoms. The van der Waals surface area contributed by atoms with E-state index in [2.05, 4.69) is 15.8 Å². The SMILES string of the molecule is C/C(=N\NC(=S)NC1CCCCC1)c1ccco1. The Morgan fingerprint density at radius 2 is 2.17 bits per heavy atom. The largest absolute Gasteiger partial charge is 0.463 e. The number of hydrazone groups is 1. The first-order valence-corrected chi connectivity index (χ1v) is 6.81. The quantitative estimate of drug-likeness (QED) is 0.501. The van der Waals surface area contributed by atoms with Crippen LogP contribution in [-0.4, -0.2) is 16.9 Å². The zero-order chi connectivity index (χ0) is 12.8. The van der Waals surface area contributed by atoms with Gasteiger partial charge in [0.1, 0.15) is 11.5 Å². The number of rotatable bonds is 3. The molecule has 0 atom stereocenters. The van der Waals surface area contributed by atoms with Gasteiger partial charge in [-0.3, -0.25) is 5.43 Å². The summed E-state index contributed by atoms with van der Waals surface area (Å²) < 4.78 is 5.24. The third-order valence-corrected chi connectivity index (χ3v) is 3.35. The standard InChI is InChI=1S/C13H19N3OS/c1-10(12-8-5-9-17-12)15-16-13(18)14-11-6-3-2-4-7-11/h5,8-9,11H,2-4,6-7H2,1H3,(H2,14,16,18)/b15-10+. The number of hydrogen-bond donors (Lipinski definition) is 2. The van der Waals surface area contributed by atoms with Crippen molar-refractivity contribution in [3.8, 4) is 0 Å². The summed E-state index contributed by atoms with van der Waals surface area (Å²) in [4.78, 5) is 0. The Morgan fingerprint density at radius 3 is 2.83 bits per heavy atom. The molecule has 1 saturated carbocycles. The molecule has 5 heteroatoms. The van der Waals surface area contributed by atoms with Crippen LogP contribution in [0.5, 0.6) is 0 Å². The highest BCUT2D eigenvalue weighted by Gasteiger charge is 2.13. The van der Waals surface area contributed by atoms with E-state index in [4.69, 9.17) is 16.6 Å². The lowest BCUT2D eigenvalue weighted by atomic mass is 9.96. The molecule has 0 unspecified atom stereocenters. The van der Waals surface area contributed by atoms with Crippen LogP contribution < -0.4 is 10.7 Å². The molecule has 0 aliphatic heterocycles. The maximum Gasteiger partial charge on any atom is 0.187 e. The Balaban J connectivity index is 1.78. The van der Waals surface area contributed by atoms with Crippen molar-refractivity contribution in [2.24, 2.45) is 5.10 Å². The van der Waals surface area contributed by atoms with Gasteiger partial charge in [-0.15, -0.1) is 0 Å². The second-order valence-electron chi connectivity index (χ2n) is 4.59. The fourth-order valence-electron chi connectivity index (χ4n) is 2.14. The number of hydrogen-bond acceptors (Lipinski definition) is 3. The lowest BCUT2D eigenvalue weighted by molar-refractivity contribution is 0.412. The number of nitrogens with one attached hydrogen (secondary N) is 2. The van der Waals surface area contributed by atoms with Crippen LogP contribution in [0.4, 0.5) is 0 Å². The molecule has 0 aromatic carbocycles. The van der Waals surface area contributed by atoms with Crippen molar-refractivity contribution < 1.29 is 4.42 Å². The first-order valence-electron chi connectivity index (χ1n) is 6.40. The first-order chi connectivity index (χ1) is 8.75. The second-order valence-corrected chi connectivity index (χ2v) is 5.00. The molecular formula is C13H19N3OS. The molecular weight excluding hydrogens is 246 g/mol. The summed E-state index contributed by atoms with van der Waals surface area (Å²) in [5, 5.41) is 8.09. The van der Waals surface area contributed by atoms with Crippen molar-refractivity contribution in [3.05, 3.63) is 24.2 Å². The van der Waals surface area contributed by atoms with Gasteiger partial charge >= 0.3 is 0 Å². The van der Waals surface area contributed by atoms with Gasteiger partial charge in [-0.05, 0) is 44.1 Å². The van der Waals surface area contributed by atoms with Gasteiger partial charge in [-0.2, -0.15) is 5.10 Å². The summed E-state index contributed by atoms with van der Waals surface area (Å²) in [5.41, 5.74) is 3.65. The normalized spacial score (nSPS) is 17.5. The summed E-state index contributed by atoms with van der Waals surface area (Å²) in [5.74, 6) is 0.753. The maximum absolute atomic E-state index is 5.24. The molecule has 0 amide bonds. The molecule has 0 radical (unpaired) electrons. The van der Waals surface area contributed by atoms with Crippen molar-refractivity contribution in [2.45, 2.75) is 45.1 Å². The molecule has 1 heterocycles. The number of thiocarbonyl (C=S) groups is 1. The highest BCUT2D eigenvalue weighted by molar-refractivity contribution is 7.80. The fraction of sp³-hybridized carbons (Fsp3) is 0.538. The van der Waals surface area contributed by atoms with Gasteiger partial charge in [0, 0.05) is 6.04 Å². The van der Waals surface area contributed by atoms with Gasteiger partial charge in [0.15, 0.2) is 5.11 Å². The second kappa shape index (κ2) is 6.54. The van der Waals surface area contributed by atoms with E-state index < -0.39 is 0 Å². The highest BCUT2D eigenvalue weighted by Crippen LogP contribution is 2.17. The summed E-state index contributed by atoms with van der Waals surface area (Å²) in [6, 6.07) is 4.21. The van der Waals surface area contributed by atoms with Crippen LogP contribution in [0.2, 0.25) is 0 Å². The molecule has 1 aliphatic rings. The minimum Gasteiger partial charge on any atom is -0.463 e. The van der Waals surface area contributed by atoms with Gasteiger partial charge in [0.25, 0.3) is 0 Å². The van der Waals surface area contributed by atoms with E-state index in [1.807, 2.05) is 19.1 Å². The Kier molecular flexibility index (Phi) is 4.75. The third-order valence-electron chi connectivity index (χ3n) is 3.14. The minimum absolute atomic E-state index is 0.498. The fourth-order valence-corrected chi connectivity index (χ4v) is 2.35. The van der Waals surface area contributed by atoms with Gasteiger partial charge in [-0.25, -0.2) is 0 Å². The van der Waals surface area contributed by atoms with Crippen molar-refractivity contribution in [3.63, 3.8) is 0 Å². The molecule has 1 aromatic heterocycles. The lowest BCUT2D eigenvalue weighted by Crippen LogP contribution is -2.41. The highest BCUT2D eigenvalue weighted by atomic mass is 32.1. The molecule has 0 spiro atoms. The molecule has 98 valence electrons. The van der Waals surface area contributed by atoms with E-state index in [0.717, 1.165) is 11.5 Å². The summed E-state index contributed by atoms with van der Waals surface area (Å²) in [6.45, 7) is 1.88. The molecule has 2 N–H and O–H groups in total. The molecule has 1 fully saturated rings. The van der Waals surface area contributed by atoms with E-state index in [1.165, 1.54) is 32.1 Å². The Labute approximate surface area is 113 Å². The Hall–Kier alpha value is -1.36. The van der Waals surface area contributed by atoms with Gasteiger partial charge in [0.2, 0.25) is 0 Å². The topological polar surface area (TPSA) is 49.6 Å². The summed E-state index contributed by atoms with van der Waals surface area (Å²) in [6.07, 6.45) is 7.94. The van der Waals surface area contributed by atoms with Crippen LogP contribution in [0.15, 0.2) is 27.9 Å². The van der Waals surface area contributed by atoms with E-state index in [1.54, 1.807) is 6.26 Å². The maximum atomic E-state index is 5.24. The summed E-state index contributed by atoms with van der Waals surface area (Å²) in [7, 11) is 0. The number of nitrogens with zero attached hydrogens (tertiary/aromatic N) is 1. The predicted molar refractivity (Wildman–Crippen MR) is 76.7 cm³/mol. The molecule has 18 heavy (non-hydrogen) atoms. The van der Waals surface area contributed by atoms with Crippen molar-refractivity contribution >= 4 is 23.0 Å². The van der Waals surface area contributed by atoms with Crippen LogP contribution in [0.25, 0.3) is 0 Å². The lowest BCUT2D eigenvalue weighted by Gasteiger charge is -2.23. The predicted octanol–water partition coefficient (Wildman–Crippen LogP) is 2.80. The van der Waals surface area contributed by atoms with E-state index in [0.29, 0.717) is 11.2 Å². The molecule has 4 nitrogen and oxygen atoms in total. The zero-order valence-corrected chi connectivity index (χ0v) is 11.4. The average molecular weight is 265 g/mol. The molecule has 0 saturated heterocycles. The van der Waals surface area contributed by atoms with Crippen LogP contribution in [0.3, 0.4) is 0 Å². The van der Waals surface area contributed by atoms with Crippen LogP contribution in [0.1, 0.15) is 44.8 Å². The average Bonchev–Trinajstić information content (AvgIpc) is 2.91. The monoisotopic (exact) mass is 265 g/mol. The molecule has 2 rings (SSSR count). The third kappa shape index (κ3) is 3.84. The van der Waals surface area contributed by atoms with Crippen molar-refractivity contribution in [2.75, 3.05) is 0 Å². The first kappa shape index (κ1) is 13.1. The Morgan fingerprint density at radius 1 is 1.39 bits per heavy atom. The minimum atomic E-state index is 0.498. The molecule has 1 aliphatic carbocycles. The van der Waals surface area contributed by atoms with Crippen molar-refractivity contribution in [1.82, 2.24) is 10.7 Å². The Bertz CT molecular complexity index is 408. The van der Waals surface area contributed by atoms with Crippen LogP contribution in [-0.2, 0) is 0 Å². The zero-order valence-electron chi connectivity index (χ0n) is 10.6. The smallest absolute Gasteiger partial charge is 0.187 e. The van der Waals surface area contributed by atoms with Crippen LogP contribution in [0, 0.1) is 0 Å². The van der Waals surface area contributed by atoms with Crippen LogP contribution >= 0.6 is 12.2 Å². The number of furan rings is 1. The van der Waals surface area contributed by atoms with E-state index >= 15 is 0 Å². The van der Waals surface area contributed by atoms with Gasteiger partial charge < -0.3 is 9.73 Å². The molecule has 1 aromatic rings. The van der Waals surface area contributed by atoms with Crippen molar-refractivity contribution in [1.29, 1.82) is 0 Å². The van der Waals surface area contributed by atoms with Gasteiger partial charge in [0.05, 0.1) is 6.26 Å². The van der Waals surface area contributed by atoms with Gasteiger partial charge in [-0.1, -0.05) is 19.3 Å². The van der Waals surface area contributed by atoms with E-state index in [9.17, 15) is 0 Å². The van der Waals surface area contributed by atoms with E-state index in [-0.39, 0.29) is 0 Å². The summed E-state index contributed by atoms with van der Waals surface area (Å²) >= 11 is 5.22.